The fourth-order valence-corrected chi connectivity index (χ4v) is 4.59. The number of carbonyl (C=O) groups excluding carboxylic acids is 1. The Hall–Kier alpha value is -1.83. The molecule has 1 amide bonds. The van der Waals surface area contributed by atoms with E-state index >= 15 is 0 Å². The van der Waals surface area contributed by atoms with Crippen LogP contribution in [0.4, 0.5) is 5.69 Å². The van der Waals surface area contributed by atoms with Crippen LogP contribution in [0.25, 0.3) is 21.9 Å². The van der Waals surface area contributed by atoms with Crippen molar-refractivity contribution in [1.29, 1.82) is 0 Å². The molecule has 7 heteroatoms. The normalized spacial score (nSPS) is 11.2. The fourth-order valence-electron chi connectivity index (χ4n) is 2.66. The number of halogens is 2. The molecule has 126 valence electrons. The molecule has 0 saturated heterocycles. The van der Waals surface area contributed by atoms with Crippen LogP contribution in [0.5, 0.6) is 5.75 Å². The Kier molecular flexibility index (Phi) is 4.31. The van der Waals surface area contributed by atoms with Gasteiger partial charge in [-0.25, -0.2) is 0 Å². The average Bonchev–Trinajstić information content (AvgIpc) is 3.13. The Labute approximate surface area is 164 Å². The average molecular weight is 481 g/mol. The molecule has 0 radical (unpaired) electrons. The Morgan fingerprint density at radius 3 is 2.64 bits per heavy atom. The summed E-state index contributed by atoms with van der Waals surface area (Å²) in [7, 11) is 1.58. The summed E-state index contributed by atoms with van der Waals surface area (Å²) < 4.78 is 13.1. The number of furan rings is 1. The predicted octanol–water partition coefficient (Wildman–Crippen LogP) is 6.43. The molecular formula is C18H11Br2NO3S. The lowest BCUT2D eigenvalue weighted by Crippen LogP contribution is -2.11. The van der Waals surface area contributed by atoms with E-state index in [0.29, 0.717) is 21.9 Å². The number of thiophene rings is 1. The van der Waals surface area contributed by atoms with Crippen LogP contribution < -0.4 is 10.1 Å². The number of anilines is 1. The lowest BCUT2D eigenvalue weighted by Gasteiger charge is -2.09. The first-order valence-electron chi connectivity index (χ1n) is 7.32. The minimum Gasteiger partial charge on any atom is -0.495 e. The largest absolute Gasteiger partial charge is 0.495 e. The Morgan fingerprint density at radius 1 is 1.12 bits per heavy atom. The second-order valence-corrected chi connectivity index (χ2v) is 8.56. The lowest BCUT2D eigenvalue weighted by molar-refractivity contribution is 0.103. The highest BCUT2D eigenvalue weighted by molar-refractivity contribution is 9.13. The van der Waals surface area contributed by atoms with Crippen molar-refractivity contribution in [3.05, 3.63) is 55.6 Å². The first-order chi connectivity index (χ1) is 12.1. The molecule has 0 atom stereocenters. The predicted molar refractivity (Wildman–Crippen MR) is 108 cm³/mol. The first kappa shape index (κ1) is 16.6. The van der Waals surface area contributed by atoms with E-state index < -0.39 is 0 Å². The summed E-state index contributed by atoms with van der Waals surface area (Å²) in [5, 5.41) is 4.86. The Bertz CT molecular complexity index is 1100. The lowest BCUT2D eigenvalue weighted by atomic mass is 10.1. The van der Waals surface area contributed by atoms with E-state index in [-0.39, 0.29) is 5.91 Å². The molecule has 4 nitrogen and oxygen atoms in total. The number of hydrogen-bond acceptors (Lipinski definition) is 4. The van der Waals surface area contributed by atoms with Gasteiger partial charge in [0, 0.05) is 21.3 Å². The summed E-state index contributed by atoms with van der Waals surface area (Å²) >= 11 is 8.15. The van der Waals surface area contributed by atoms with Gasteiger partial charge in [0.25, 0.3) is 5.91 Å². The Morgan fingerprint density at radius 2 is 1.92 bits per heavy atom. The highest BCUT2D eigenvalue weighted by Gasteiger charge is 2.17. The second-order valence-electron chi connectivity index (χ2n) is 5.33. The summed E-state index contributed by atoms with van der Waals surface area (Å²) in [6, 6.07) is 13.3. The highest BCUT2D eigenvalue weighted by atomic mass is 79.9. The van der Waals surface area contributed by atoms with Gasteiger partial charge < -0.3 is 14.5 Å². The molecule has 0 aliphatic carbocycles. The van der Waals surface area contributed by atoms with E-state index in [4.69, 9.17) is 9.15 Å². The molecule has 2 heterocycles. The third-order valence-electron chi connectivity index (χ3n) is 3.82. The van der Waals surface area contributed by atoms with Gasteiger partial charge >= 0.3 is 0 Å². The number of methoxy groups -OCH3 is 1. The summed E-state index contributed by atoms with van der Waals surface area (Å²) in [6.07, 6.45) is 0. The summed E-state index contributed by atoms with van der Waals surface area (Å²) in [6.45, 7) is 0. The molecule has 2 aromatic carbocycles. The van der Waals surface area contributed by atoms with Gasteiger partial charge in [-0.05, 0) is 50.1 Å². The maximum Gasteiger partial charge on any atom is 0.265 e. The number of rotatable bonds is 3. The molecular weight excluding hydrogens is 470 g/mol. The van der Waals surface area contributed by atoms with Crippen molar-refractivity contribution in [2.75, 3.05) is 12.4 Å². The van der Waals surface area contributed by atoms with Crippen LogP contribution in [0, 0.1) is 0 Å². The van der Waals surface area contributed by atoms with Crippen molar-refractivity contribution in [3.8, 4) is 5.75 Å². The quantitative estimate of drug-likeness (QED) is 0.367. The number of benzene rings is 2. The molecule has 0 saturated carbocycles. The van der Waals surface area contributed by atoms with E-state index in [1.54, 1.807) is 19.2 Å². The van der Waals surface area contributed by atoms with Crippen molar-refractivity contribution >= 4 is 76.7 Å². The molecule has 25 heavy (non-hydrogen) atoms. The van der Waals surface area contributed by atoms with Crippen LogP contribution in [0.3, 0.4) is 0 Å². The number of carbonyl (C=O) groups is 1. The summed E-state index contributed by atoms with van der Waals surface area (Å²) in [5.41, 5.74) is 2.07. The van der Waals surface area contributed by atoms with Crippen LogP contribution in [0.2, 0.25) is 0 Å². The number of para-hydroxylation sites is 1. The monoisotopic (exact) mass is 479 g/mol. The topological polar surface area (TPSA) is 51.5 Å². The molecule has 0 aliphatic rings. The molecule has 0 spiro atoms. The maximum absolute atomic E-state index is 12.5. The van der Waals surface area contributed by atoms with E-state index in [1.165, 1.54) is 11.3 Å². The number of nitrogens with one attached hydrogen (secondary N) is 1. The van der Waals surface area contributed by atoms with Crippen LogP contribution in [0.15, 0.2) is 55.1 Å². The number of hydrogen-bond donors (Lipinski definition) is 1. The van der Waals surface area contributed by atoms with Crippen molar-refractivity contribution < 1.29 is 13.9 Å². The molecule has 4 aromatic rings. The van der Waals surface area contributed by atoms with Crippen LogP contribution >= 0.6 is 43.2 Å². The smallest absolute Gasteiger partial charge is 0.265 e. The molecule has 1 N–H and O–H groups in total. The van der Waals surface area contributed by atoms with E-state index in [2.05, 4.69) is 37.2 Å². The molecule has 0 fully saturated rings. The minimum absolute atomic E-state index is 0.204. The zero-order valence-electron chi connectivity index (χ0n) is 12.9. The van der Waals surface area contributed by atoms with Gasteiger partial charge in [0.05, 0.1) is 21.5 Å². The molecule has 4 rings (SSSR count). The minimum atomic E-state index is -0.204. The maximum atomic E-state index is 12.5. The summed E-state index contributed by atoms with van der Waals surface area (Å²) in [5.74, 6) is 0.382. The first-order valence-corrected chi connectivity index (χ1v) is 9.72. The van der Waals surface area contributed by atoms with Crippen molar-refractivity contribution in [1.82, 2.24) is 0 Å². The van der Waals surface area contributed by atoms with Gasteiger partial charge in [-0.15, -0.1) is 11.3 Å². The van der Waals surface area contributed by atoms with E-state index in [9.17, 15) is 4.79 Å². The number of fused-ring (bicyclic) bond motifs is 3. The van der Waals surface area contributed by atoms with Gasteiger partial charge in [-0.1, -0.05) is 18.2 Å². The molecule has 0 bridgehead atoms. The third-order valence-corrected chi connectivity index (χ3v) is 7.07. The molecule has 2 aromatic heterocycles. The number of ether oxygens (including phenoxy) is 1. The third kappa shape index (κ3) is 2.96. The zero-order valence-corrected chi connectivity index (χ0v) is 16.9. The molecule has 0 unspecified atom stereocenters. The highest BCUT2D eigenvalue weighted by Crippen LogP contribution is 2.37. The standard InChI is InChI=1S/C18H11Br2NO3S/c1-23-15-6-10-9-4-2-3-5-13(9)24-14(10)8-12(15)21-18(22)16-7-11(19)17(20)25-16/h2-8H,1H3,(H,21,22). The van der Waals surface area contributed by atoms with Gasteiger partial charge in [-0.3, -0.25) is 4.79 Å². The van der Waals surface area contributed by atoms with Crippen molar-refractivity contribution in [2.24, 2.45) is 0 Å². The SMILES string of the molecule is COc1cc2c(cc1NC(=O)c1cc(Br)c(Br)s1)oc1ccccc12. The number of amides is 1. The summed E-state index contributed by atoms with van der Waals surface area (Å²) in [4.78, 5) is 13.1. The van der Waals surface area contributed by atoms with Gasteiger partial charge in [-0.2, -0.15) is 0 Å². The van der Waals surface area contributed by atoms with Gasteiger partial charge in [0.2, 0.25) is 0 Å². The Balaban J connectivity index is 1.78. The second kappa shape index (κ2) is 6.48. The van der Waals surface area contributed by atoms with Crippen molar-refractivity contribution in [2.45, 2.75) is 0 Å². The van der Waals surface area contributed by atoms with Crippen LogP contribution in [0.1, 0.15) is 9.67 Å². The van der Waals surface area contributed by atoms with Crippen molar-refractivity contribution in [3.63, 3.8) is 0 Å². The van der Waals surface area contributed by atoms with Crippen LogP contribution in [-0.4, -0.2) is 13.0 Å². The van der Waals surface area contributed by atoms with Gasteiger partial charge in [0.1, 0.15) is 16.9 Å². The van der Waals surface area contributed by atoms with E-state index in [0.717, 1.165) is 24.6 Å². The molecule has 0 aliphatic heterocycles. The zero-order chi connectivity index (χ0) is 17.6. The van der Waals surface area contributed by atoms with Gasteiger partial charge in [0.15, 0.2) is 0 Å². The van der Waals surface area contributed by atoms with Crippen LogP contribution in [-0.2, 0) is 0 Å². The fraction of sp³-hybridized carbons (Fsp3) is 0.0556. The van der Waals surface area contributed by atoms with E-state index in [1.807, 2.05) is 30.3 Å².